The van der Waals surface area contributed by atoms with Gasteiger partial charge in [-0.25, -0.2) is 9.79 Å². The zero-order chi connectivity index (χ0) is 17.9. The zero-order valence-electron chi connectivity index (χ0n) is 14.2. The normalized spacial score (nSPS) is 24.6. The number of carbonyl (C=O) groups is 2. The van der Waals surface area contributed by atoms with E-state index in [0.29, 0.717) is 19.6 Å². The van der Waals surface area contributed by atoms with Gasteiger partial charge >= 0.3 is 6.03 Å². The first kappa shape index (κ1) is 18.2. The third-order valence-corrected chi connectivity index (χ3v) is 4.24. The highest BCUT2D eigenvalue weighted by molar-refractivity contribution is 6.01. The van der Waals surface area contributed by atoms with Crippen LogP contribution in [0.2, 0.25) is 0 Å². The number of aliphatic hydroxyl groups is 1. The van der Waals surface area contributed by atoms with Gasteiger partial charge in [-0.05, 0) is 0 Å². The van der Waals surface area contributed by atoms with E-state index in [1.54, 1.807) is 30.4 Å². The number of aliphatic imine (C=N–C) groups is 1. The van der Waals surface area contributed by atoms with E-state index in [1.807, 2.05) is 4.90 Å². The maximum atomic E-state index is 12.4. The SMILES string of the molecule is C=CCN(CC=C)CC(O)CN1C=NC2C1C(=O)N(C)C(=O)N2C. The summed E-state index contributed by atoms with van der Waals surface area (Å²) in [6.07, 6.45) is 3.88. The molecule has 0 bridgehead atoms. The number of β-amino-alcohol motifs (C(OH)–C–C–N with tert-alkyl or cyclic N) is 1. The number of hydrogen-bond donors (Lipinski definition) is 1. The first-order valence-corrected chi connectivity index (χ1v) is 7.86. The fourth-order valence-electron chi connectivity index (χ4n) is 3.05. The van der Waals surface area contributed by atoms with Crippen LogP contribution in [0, 0.1) is 0 Å². The lowest BCUT2D eigenvalue weighted by Gasteiger charge is -2.40. The van der Waals surface area contributed by atoms with Crippen LogP contribution in [0.15, 0.2) is 30.3 Å². The predicted octanol–water partition coefficient (Wildman–Crippen LogP) is -0.416. The lowest BCUT2D eigenvalue weighted by atomic mass is 10.1. The number of likely N-dealkylation sites (N-methyl/N-ethyl adjacent to an activating group) is 2. The van der Waals surface area contributed by atoms with Crippen molar-refractivity contribution in [2.24, 2.45) is 4.99 Å². The van der Waals surface area contributed by atoms with Crippen molar-refractivity contribution in [3.05, 3.63) is 25.3 Å². The minimum absolute atomic E-state index is 0.261. The van der Waals surface area contributed by atoms with Crippen molar-refractivity contribution in [3.63, 3.8) is 0 Å². The van der Waals surface area contributed by atoms with Gasteiger partial charge in [0.15, 0.2) is 12.2 Å². The molecule has 132 valence electrons. The van der Waals surface area contributed by atoms with Crippen molar-refractivity contribution >= 4 is 18.3 Å². The van der Waals surface area contributed by atoms with Gasteiger partial charge in [-0.3, -0.25) is 14.6 Å². The van der Waals surface area contributed by atoms with Crippen molar-refractivity contribution < 1.29 is 14.7 Å². The van der Waals surface area contributed by atoms with Gasteiger partial charge in [0.2, 0.25) is 0 Å². The minimum Gasteiger partial charge on any atom is -0.390 e. The molecule has 0 spiro atoms. The topological polar surface area (TPSA) is 79.7 Å². The van der Waals surface area contributed by atoms with Gasteiger partial charge < -0.3 is 14.9 Å². The maximum Gasteiger partial charge on any atom is 0.328 e. The van der Waals surface area contributed by atoms with E-state index in [0.717, 1.165) is 4.90 Å². The summed E-state index contributed by atoms with van der Waals surface area (Å²) in [5.74, 6) is -0.304. The van der Waals surface area contributed by atoms with E-state index < -0.39 is 18.3 Å². The van der Waals surface area contributed by atoms with Crippen LogP contribution >= 0.6 is 0 Å². The van der Waals surface area contributed by atoms with E-state index in [9.17, 15) is 14.7 Å². The molecule has 0 saturated carbocycles. The number of fused-ring (bicyclic) bond motifs is 1. The molecule has 8 nitrogen and oxygen atoms in total. The van der Waals surface area contributed by atoms with Gasteiger partial charge in [-0.1, -0.05) is 12.2 Å². The molecule has 1 fully saturated rings. The van der Waals surface area contributed by atoms with Crippen molar-refractivity contribution in [1.29, 1.82) is 0 Å². The average Bonchev–Trinajstić information content (AvgIpc) is 2.95. The Bertz CT molecular complexity index is 540. The van der Waals surface area contributed by atoms with Crippen molar-refractivity contribution in [2.75, 3.05) is 40.3 Å². The molecule has 3 amide bonds. The van der Waals surface area contributed by atoms with Crippen molar-refractivity contribution in [1.82, 2.24) is 19.6 Å². The molecule has 2 aliphatic heterocycles. The summed E-state index contributed by atoms with van der Waals surface area (Å²) in [7, 11) is 3.08. The summed E-state index contributed by atoms with van der Waals surface area (Å²) < 4.78 is 0. The Morgan fingerprint density at radius 1 is 1.33 bits per heavy atom. The second-order valence-electron chi connectivity index (χ2n) is 6.06. The lowest BCUT2D eigenvalue weighted by molar-refractivity contribution is -0.136. The van der Waals surface area contributed by atoms with E-state index in [-0.39, 0.29) is 18.5 Å². The number of aliphatic hydroxyl groups excluding tert-OH is 1. The highest BCUT2D eigenvalue weighted by Gasteiger charge is 2.48. The van der Waals surface area contributed by atoms with Crippen LogP contribution in [0.3, 0.4) is 0 Å². The summed E-state index contributed by atoms with van der Waals surface area (Å²) in [6.45, 7) is 9.38. The molecule has 2 rings (SSSR count). The Hall–Kier alpha value is -2.19. The summed E-state index contributed by atoms with van der Waals surface area (Å²) in [6, 6.07) is -0.955. The summed E-state index contributed by atoms with van der Waals surface area (Å²) >= 11 is 0. The van der Waals surface area contributed by atoms with Gasteiger partial charge in [0.1, 0.15) is 0 Å². The molecule has 24 heavy (non-hydrogen) atoms. The van der Waals surface area contributed by atoms with Crippen molar-refractivity contribution in [3.8, 4) is 0 Å². The largest absolute Gasteiger partial charge is 0.390 e. The fraction of sp³-hybridized carbons (Fsp3) is 0.562. The van der Waals surface area contributed by atoms with Gasteiger partial charge in [0.05, 0.1) is 12.4 Å². The van der Waals surface area contributed by atoms with Gasteiger partial charge in [-0.15, -0.1) is 13.2 Å². The van der Waals surface area contributed by atoms with Crippen LogP contribution in [0.4, 0.5) is 4.79 Å². The van der Waals surface area contributed by atoms with Crippen LogP contribution in [0.5, 0.6) is 0 Å². The van der Waals surface area contributed by atoms with Gasteiger partial charge in [0.25, 0.3) is 5.91 Å². The van der Waals surface area contributed by atoms with E-state index in [4.69, 9.17) is 0 Å². The lowest BCUT2D eigenvalue weighted by Crippen LogP contribution is -2.64. The average molecular weight is 335 g/mol. The Balaban J connectivity index is 2.01. The summed E-state index contributed by atoms with van der Waals surface area (Å²) in [5, 5.41) is 10.4. The van der Waals surface area contributed by atoms with Crippen LogP contribution in [-0.4, -0.2) is 102 Å². The quantitative estimate of drug-likeness (QED) is 0.610. The van der Waals surface area contributed by atoms with E-state index in [2.05, 4.69) is 18.2 Å². The number of urea groups is 1. The molecule has 0 aliphatic carbocycles. The molecule has 8 heteroatoms. The Morgan fingerprint density at radius 2 is 1.96 bits per heavy atom. The molecule has 3 unspecified atom stereocenters. The number of imide groups is 1. The van der Waals surface area contributed by atoms with Crippen LogP contribution in [-0.2, 0) is 4.79 Å². The van der Waals surface area contributed by atoms with Crippen molar-refractivity contribution in [2.45, 2.75) is 18.3 Å². The Kier molecular flexibility index (Phi) is 5.74. The molecule has 0 radical (unpaired) electrons. The molecule has 0 aromatic rings. The standard InChI is InChI=1S/C16H25N5O3/c1-5-7-20(8-6-2)9-12(22)10-21-11-17-14-13(21)15(23)19(4)16(24)18(14)3/h5-6,11-14,22H,1-2,7-10H2,3-4H3. The first-order valence-electron chi connectivity index (χ1n) is 7.86. The van der Waals surface area contributed by atoms with Crippen LogP contribution in [0.1, 0.15) is 0 Å². The Morgan fingerprint density at radius 3 is 2.54 bits per heavy atom. The zero-order valence-corrected chi connectivity index (χ0v) is 14.2. The molecule has 2 aliphatic rings. The first-order chi connectivity index (χ1) is 11.4. The minimum atomic E-state index is -0.670. The molecular formula is C16H25N5O3. The summed E-state index contributed by atoms with van der Waals surface area (Å²) in [5.41, 5.74) is 0. The summed E-state index contributed by atoms with van der Waals surface area (Å²) in [4.78, 5) is 34.9. The van der Waals surface area contributed by atoms with E-state index >= 15 is 0 Å². The van der Waals surface area contributed by atoms with Gasteiger partial charge in [0, 0.05) is 40.3 Å². The Labute approximate surface area is 142 Å². The highest BCUT2D eigenvalue weighted by atomic mass is 16.3. The van der Waals surface area contributed by atoms with Crippen LogP contribution < -0.4 is 0 Å². The smallest absolute Gasteiger partial charge is 0.328 e. The fourth-order valence-corrected chi connectivity index (χ4v) is 3.05. The number of carbonyl (C=O) groups excluding carboxylic acids is 2. The highest BCUT2D eigenvalue weighted by Crippen LogP contribution is 2.24. The molecule has 1 N–H and O–H groups in total. The molecule has 0 aromatic carbocycles. The maximum absolute atomic E-state index is 12.4. The third kappa shape index (κ3) is 3.49. The second-order valence-corrected chi connectivity index (χ2v) is 6.06. The predicted molar refractivity (Wildman–Crippen MR) is 91.5 cm³/mol. The molecule has 2 heterocycles. The van der Waals surface area contributed by atoms with E-state index in [1.165, 1.54) is 11.9 Å². The second kappa shape index (κ2) is 7.59. The molecular weight excluding hydrogens is 310 g/mol. The number of nitrogens with zero attached hydrogens (tertiary/aromatic N) is 5. The number of rotatable bonds is 8. The molecule has 1 saturated heterocycles. The van der Waals surface area contributed by atoms with Gasteiger partial charge in [-0.2, -0.15) is 0 Å². The number of amides is 3. The molecule has 0 aromatic heterocycles. The monoisotopic (exact) mass is 335 g/mol. The van der Waals surface area contributed by atoms with Crippen LogP contribution in [0.25, 0.3) is 0 Å². The third-order valence-electron chi connectivity index (χ3n) is 4.24. The number of hydrogen-bond acceptors (Lipinski definition) is 6. The molecule has 3 atom stereocenters.